The van der Waals surface area contributed by atoms with E-state index in [0.717, 1.165) is 18.4 Å². The number of carbonyl (C=O) groups is 1. The third-order valence-corrected chi connectivity index (χ3v) is 7.05. The monoisotopic (exact) mass is 368 g/mol. The van der Waals surface area contributed by atoms with Gasteiger partial charge in [-0.3, -0.25) is 4.79 Å². The van der Waals surface area contributed by atoms with Crippen molar-refractivity contribution in [1.29, 1.82) is 0 Å². The van der Waals surface area contributed by atoms with Crippen molar-refractivity contribution in [1.82, 2.24) is 8.61 Å². The second-order valence-electron chi connectivity index (χ2n) is 6.59. The van der Waals surface area contributed by atoms with Crippen LogP contribution in [0.3, 0.4) is 0 Å². The van der Waals surface area contributed by atoms with Gasteiger partial charge in [-0.1, -0.05) is 12.1 Å². The first-order valence-corrected chi connectivity index (χ1v) is 9.97. The molecule has 138 valence electrons. The molecule has 2 aliphatic heterocycles. The van der Waals surface area contributed by atoms with Gasteiger partial charge in [0.05, 0.1) is 19.1 Å². The fourth-order valence-electron chi connectivity index (χ4n) is 3.70. The summed E-state index contributed by atoms with van der Waals surface area (Å²) in [6.07, 6.45) is 2.65. The van der Waals surface area contributed by atoms with Gasteiger partial charge >= 0.3 is 5.97 Å². The van der Waals surface area contributed by atoms with E-state index in [0.29, 0.717) is 31.7 Å². The number of benzene rings is 1. The molecule has 2 fully saturated rings. The van der Waals surface area contributed by atoms with E-state index in [1.807, 2.05) is 24.3 Å². The summed E-state index contributed by atoms with van der Waals surface area (Å²) in [4.78, 5) is 11.3. The smallest absolute Gasteiger partial charge is 0.307 e. The van der Waals surface area contributed by atoms with Crippen molar-refractivity contribution in [3.8, 4) is 5.75 Å². The molecular weight excluding hydrogens is 344 g/mol. The first-order chi connectivity index (χ1) is 11.9. The second-order valence-corrected chi connectivity index (χ2v) is 8.47. The van der Waals surface area contributed by atoms with E-state index in [4.69, 9.17) is 4.74 Å². The second kappa shape index (κ2) is 7.31. The number of methoxy groups -OCH3 is 1. The lowest BCUT2D eigenvalue weighted by molar-refractivity contribution is -0.142. The molecule has 0 bridgehead atoms. The standard InChI is InChI=1S/C17H24N2O5S/c1-24-15-7-2-5-13(11-15)16-8-4-10-19(16)25(22,23)18-9-3-6-14(12-18)17(20)21/h2,5,7,11,14,16H,3-4,6,8-10,12H2,1H3,(H,20,21). The van der Waals surface area contributed by atoms with Crippen molar-refractivity contribution >= 4 is 16.2 Å². The Morgan fingerprint density at radius 3 is 2.72 bits per heavy atom. The van der Waals surface area contributed by atoms with Gasteiger partial charge in [0.25, 0.3) is 10.2 Å². The predicted octanol–water partition coefficient (Wildman–Crippen LogP) is 1.87. The van der Waals surface area contributed by atoms with E-state index in [2.05, 4.69) is 0 Å². The van der Waals surface area contributed by atoms with E-state index in [1.165, 1.54) is 8.61 Å². The minimum absolute atomic E-state index is 0.0546. The van der Waals surface area contributed by atoms with Crippen LogP contribution in [0, 0.1) is 5.92 Å². The van der Waals surface area contributed by atoms with Crippen molar-refractivity contribution in [2.45, 2.75) is 31.7 Å². The summed E-state index contributed by atoms with van der Waals surface area (Å²) in [6.45, 7) is 0.894. The van der Waals surface area contributed by atoms with Gasteiger partial charge in [-0.15, -0.1) is 0 Å². The summed E-state index contributed by atoms with van der Waals surface area (Å²) in [5, 5.41) is 9.23. The minimum Gasteiger partial charge on any atom is -0.497 e. The van der Waals surface area contributed by atoms with Crippen LogP contribution in [0.4, 0.5) is 0 Å². The lowest BCUT2D eigenvalue weighted by atomic mass is 10.0. The maximum absolute atomic E-state index is 13.1. The lowest BCUT2D eigenvalue weighted by Crippen LogP contribution is -2.48. The fraction of sp³-hybridized carbons (Fsp3) is 0.588. The van der Waals surface area contributed by atoms with Crippen LogP contribution in [0.1, 0.15) is 37.3 Å². The van der Waals surface area contributed by atoms with Crippen LogP contribution >= 0.6 is 0 Å². The van der Waals surface area contributed by atoms with Gasteiger partial charge in [0, 0.05) is 19.6 Å². The van der Waals surface area contributed by atoms with Crippen LogP contribution in [0.25, 0.3) is 0 Å². The normalized spacial score (nSPS) is 25.8. The first kappa shape index (κ1) is 18.2. The van der Waals surface area contributed by atoms with Gasteiger partial charge in [-0.25, -0.2) is 0 Å². The molecule has 3 rings (SSSR count). The van der Waals surface area contributed by atoms with Gasteiger partial charge in [0.1, 0.15) is 5.75 Å². The van der Waals surface area contributed by atoms with Crippen LogP contribution in [0.15, 0.2) is 24.3 Å². The summed E-state index contributed by atoms with van der Waals surface area (Å²) >= 11 is 0. The van der Waals surface area contributed by atoms with E-state index in [9.17, 15) is 18.3 Å². The van der Waals surface area contributed by atoms with Crippen LogP contribution < -0.4 is 4.74 Å². The van der Waals surface area contributed by atoms with Crippen molar-refractivity contribution in [3.05, 3.63) is 29.8 Å². The highest BCUT2D eigenvalue weighted by molar-refractivity contribution is 7.86. The number of nitrogens with zero attached hydrogens (tertiary/aromatic N) is 2. The summed E-state index contributed by atoms with van der Waals surface area (Å²) in [6, 6.07) is 7.25. The number of piperidine rings is 1. The highest BCUT2D eigenvalue weighted by atomic mass is 32.2. The fourth-order valence-corrected chi connectivity index (χ4v) is 5.63. The molecule has 2 aliphatic rings. The minimum atomic E-state index is -3.68. The van der Waals surface area contributed by atoms with E-state index in [-0.39, 0.29) is 12.6 Å². The van der Waals surface area contributed by atoms with Crippen LogP contribution in [-0.4, -0.2) is 54.8 Å². The van der Waals surface area contributed by atoms with E-state index in [1.54, 1.807) is 7.11 Å². The molecule has 0 spiro atoms. The molecule has 7 nitrogen and oxygen atoms in total. The molecule has 1 aromatic carbocycles. The van der Waals surface area contributed by atoms with Crippen molar-refractivity contribution in [2.24, 2.45) is 5.92 Å². The van der Waals surface area contributed by atoms with Crippen molar-refractivity contribution in [3.63, 3.8) is 0 Å². The van der Waals surface area contributed by atoms with Gasteiger partial charge in [-0.05, 0) is 43.4 Å². The average Bonchev–Trinajstić information content (AvgIpc) is 3.12. The predicted molar refractivity (Wildman–Crippen MR) is 92.5 cm³/mol. The Hall–Kier alpha value is -1.64. The third kappa shape index (κ3) is 3.65. The molecule has 0 amide bonds. The zero-order valence-corrected chi connectivity index (χ0v) is 15.1. The highest BCUT2D eigenvalue weighted by Crippen LogP contribution is 2.37. The average molecular weight is 368 g/mol. The van der Waals surface area contributed by atoms with Crippen molar-refractivity contribution in [2.75, 3.05) is 26.7 Å². The molecule has 2 saturated heterocycles. The number of rotatable bonds is 5. The maximum atomic E-state index is 13.1. The van der Waals surface area contributed by atoms with Gasteiger partial charge < -0.3 is 9.84 Å². The molecule has 2 heterocycles. The SMILES string of the molecule is COc1cccc(C2CCCN2S(=O)(=O)N2CCCC(C(=O)O)C2)c1. The van der Waals surface area contributed by atoms with Gasteiger partial charge in [-0.2, -0.15) is 17.0 Å². The number of hydrogen-bond donors (Lipinski definition) is 1. The Balaban J connectivity index is 1.84. The van der Waals surface area contributed by atoms with Crippen LogP contribution in [0.5, 0.6) is 5.75 Å². The Kier molecular flexibility index (Phi) is 5.31. The maximum Gasteiger partial charge on any atom is 0.307 e. The molecular formula is C17H24N2O5S. The Bertz CT molecular complexity index is 736. The Morgan fingerprint density at radius 2 is 2.00 bits per heavy atom. The zero-order chi connectivity index (χ0) is 18.0. The number of ether oxygens (including phenoxy) is 1. The lowest BCUT2D eigenvalue weighted by Gasteiger charge is -2.35. The summed E-state index contributed by atoms with van der Waals surface area (Å²) in [7, 11) is -2.10. The Morgan fingerprint density at radius 1 is 1.24 bits per heavy atom. The van der Waals surface area contributed by atoms with E-state index < -0.39 is 22.1 Å². The molecule has 2 unspecified atom stereocenters. The summed E-state index contributed by atoms with van der Waals surface area (Å²) in [5.74, 6) is -0.849. The number of aliphatic carboxylic acids is 1. The number of carboxylic acid groups (broad SMARTS) is 1. The largest absolute Gasteiger partial charge is 0.497 e. The molecule has 0 aliphatic carbocycles. The van der Waals surface area contributed by atoms with E-state index >= 15 is 0 Å². The molecule has 2 atom stereocenters. The first-order valence-electron chi connectivity index (χ1n) is 8.57. The van der Waals surface area contributed by atoms with Gasteiger partial charge in [0.15, 0.2) is 0 Å². The molecule has 1 N–H and O–H groups in total. The highest BCUT2D eigenvalue weighted by Gasteiger charge is 2.41. The molecule has 1 aromatic rings. The quantitative estimate of drug-likeness (QED) is 0.857. The van der Waals surface area contributed by atoms with Crippen LogP contribution in [-0.2, 0) is 15.0 Å². The topological polar surface area (TPSA) is 87.2 Å². The number of carboxylic acids is 1. The molecule has 8 heteroatoms. The third-order valence-electron chi connectivity index (χ3n) is 5.04. The summed E-state index contributed by atoms with van der Waals surface area (Å²) in [5.41, 5.74) is 0.909. The molecule has 25 heavy (non-hydrogen) atoms. The van der Waals surface area contributed by atoms with Gasteiger partial charge in [0.2, 0.25) is 0 Å². The Labute approximate surface area is 148 Å². The zero-order valence-electron chi connectivity index (χ0n) is 14.3. The summed E-state index contributed by atoms with van der Waals surface area (Å²) < 4.78 is 34.4. The van der Waals surface area contributed by atoms with Crippen LogP contribution in [0.2, 0.25) is 0 Å². The molecule has 0 saturated carbocycles. The molecule has 0 radical (unpaired) electrons. The number of hydrogen-bond acceptors (Lipinski definition) is 4. The van der Waals surface area contributed by atoms with Crippen molar-refractivity contribution < 1.29 is 23.1 Å². The molecule has 0 aromatic heterocycles.